The Morgan fingerprint density at radius 3 is 2.89 bits per heavy atom. The molecule has 0 atom stereocenters. The van der Waals surface area contributed by atoms with Gasteiger partial charge in [-0.3, -0.25) is 14.8 Å². The summed E-state index contributed by atoms with van der Waals surface area (Å²) in [6.07, 6.45) is 0.908. The average molecular weight is 382 g/mol. The van der Waals surface area contributed by atoms with Crippen LogP contribution in [-0.4, -0.2) is 63.6 Å². The molecule has 2 aliphatic heterocycles. The number of carbonyl (C=O) groups excluding carboxylic acids is 1. The van der Waals surface area contributed by atoms with Gasteiger partial charge in [-0.05, 0) is 12.1 Å². The van der Waals surface area contributed by atoms with Crippen molar-refractivity contribution in [3.63, 3.8) is 0 Å². The van der Waals surface area contributed by atoms with E-state index in [1.165, 1.54) is 4.70 Å². The molecule has 5 rings (SSSR count). The first-order valence-corrected chi connectivity index (χ1v) is 10.2. The van der Waals surface area contributed by atoms with Gasteiger partial charge in [0.25, 0.3) is 5.91 Å². The van der Waals surface area contributed by atoms with Gasteiger partial charge in [0.2, 0.25) is 0 Å². The molecule has 2 aliphatic rings. The van der Waals surface area contributed by atoms with Crippen LogP contribution in [0.3, 0.4) is 0 Å². The third kappa shape index (κ3) is 3.24. The average Bonchev–Trinajstić information content (AvgIpc) is 3.31. The lowest BCUT2D eigenvalue weighted by atomic mass is 10.1. The number of para-hydroxylation sites is 1. The molecule has 0 aliphatic carbocycles. The molecule has 1 fully saturated rings. The molecule has 0 saturated carbocycles. The zero-order chi connectivity index (χ0) is 18.2. The van der Waals surface area contributed by atoms with Crippen molar-refractivity contribution in [3.05, 3.63) is 46.2 Å². The quantitative estimate of drug-likeness (QED) is 0.720. The monoisotopic (exact) mass is 382 g/mol. The Labute approximate surface area is 161 Å². The number of aromatic nitrogens is 3. The number of fused-ring (bicyclic) bond motifs is 2. The lowest BCUT2D eigenvalue weighted by Gasteiger charge is -2.34. The van der Waals surface area contributed by atoms with Gasteiger partial charge in [-0.1, -0.05) is 12.1 Å². The minimum atomic E-state index is 0.0517. The minimum Gasteiger partial charge on any atom is -0.335 e. The van der Waals surface area contributed by atoms with Crippen molar-refractivity contribution in [2.45, 2.75) is 19.5 Å². The minimum absolute atomic E-state index is 0.0517. The molecule has 0 bridgehead atoms. The number of rotatable bonds is 3. The Morgan fingerprint density at radius 2 is 2.04 bits per heavy atom. The molecule has 8 heteroatoms. The molecule has 0 spiro atoms. The van der Waals surface area contributed by atoms with E-state index in [9.17, 15) is 4.79 Å². The zero-order valence-electron chi connectivity index (χ0n) is 15.1. The summed E-state index contributed by atoms with van der Waals surface area (Å²) < 4.78 is 1.23. The third-order valence-corrected chi connectivity index (χ3v) is 6.39. The summed E-state index contributed by atoms with van der Waals surface area (Å²) in [7, 11) is 0. The number of benzene rings is 1. The molecule has 7 nitrogen and oxygen atoms in total. The molecule has 2 aromatic heterocycles. The molecule has 140 valence electrons. The van der Waals surface area contributed by atoms with E-state index in [0.29, 0.717) is 5.69 Å². The summed E-state index contributed by atoms with van der Waals surface area (Å²) in [4.78, 5) is 21.9. The van der Waals surface area contributed by atoms with Crippen molar-refractivity contribution >= 4 is 27.5 Å². The molecule has 3 aromatic rings. The summed E-state index contributed by atoms with van der Waals surface area (Å²) >= 11 is 1.76. The lowest BCUT2D eigenvalue weighted by Crippen LogP contribution is -2.48. The highest BCUT2D eigenvalue weighted by Crippen LogP contribution is 2.23. The second-order valence-electron chi connectivity index (χ2n) is 7.10. The fraction of sp³-hybridized carbons (Fsp3) is 0.421. The second-order valence-corrected chi connectivity index (χ2v) is 8.21. The van der Waals surface area contributed by atoms with E-state index in [4.69, 9.17) is 4.98 Å². The molecule has 0 unspecified atom stereocenters. The van der Waals surface area contributed by atoms with Crippen LogP contribution >= 0.6 is 11.3 Å². The van der Waals surface area contributed by atoms with Gasteiger partial charge in [-0.2, -0.15) is 5.10 Å². The number of nitrogens with one attached hydrogen (secondary N) is 2. The van der Waals surface area contributed by atoms with E-state index in [1.807, 2.05) is 11.0 Å². The predicted octanol–water partition coefficient (Wildman–Crippen LogP) is 1.62. The Hall–Kier alpha value is -2.29. The van der Waals surface area contributed by atoms with Crippen molar-refractivity contribution in [1.82, 2.24) is 30.3 Å². The van der Waals surface area contributed by atoms with Crippen LogP contribution in [-0.2, 0) is 19.5 Å². The van der Waals surface area contributed by atoms with Gasteiger partial charge >= 0.3 is 0 Å². The molecular formula is C19H22N6OS. The van der Waals surface area contributed by atoms with Crippen molar-refractivity contribution in [2.75, 3.05) is 32.7 Å². The van der Waals surface area contributed by atoms with Gasteiger partial charge < -0.3 is 10.2 Å². The summed E-state index contributed by atoms with van der Waals surface area (Å²) in [6, 6.07) is 8.26. The number of thiazole rings is 1. The number of hydrogen-bond donors (Lipinski definition) is 2. The normalized spacial score (nSPS) is 18.0. The van der Waals surface area contributed by atoms with Gasteiger partial charge in [-0.15, -0.1) is 11.3 Å². The molecule has 2 N–H and O–H groups in total. The van der Waals surface area contributed by atoms with Gasteiger partial charge in [-0.25, -0.2) is 4.98 Å². The summed E-state index contributed by atoms with van der Waals surface area (Å²) in [6.45, 7) is 5.72. The molecule has 1 amide bonds. The Balaban J connectivity index is 1.22. The molecular weight excluding hydrogens is 360 g/mol. The molecule has 0 radical (unpaired) electrons. The highest BCUT2D eigenvalue weighted by atomic mass is 32.1. The van der Waals surface area contributed by atoms with Crippen LogP contribution in [0.2, 0.25) is 0 Å². The highest BCUT2D eigenvalue weighted by molar-refractivity contribution is 7.18. The van der Waals surface area contributed by atoms with Gasteiger partial charge in [0.05, 0.1) is 16.8 Å². The Morgan fingerprint density at radius 1 is 1.19 bits per heavy atom. The van der Waals surface area contributed by atoms with E-state index < -0.39 is 0 Å². The number of piperazine rings is 1. The van der Waals surface area contributed by atoms with E-state index in [1.54, 1.807) is 11.3 Å². The number of carbonyl (C=O) groups is 1. The standard InChI is InChI=1S/C19H22N6OS/c26-19(18-13-11-20-6-5-14(13)22-23-18)25-9-7-24(8-10-25)12-17-21-15-3-1-2-4-16(15)27-17/h1-4,20H,5-12H2,(H,22,23). The largest absolute Gasteiger partial charge is 0.335 e. The van der Waals surface area contributed by atoms with Gasteiger partial charge in [0, 0.05) is 56.9 Å². The van der Waals surface area contributed by atoms with Crippen LogP contribution in [0.1, 0.15) is 26.8 Å². The number of H-pyrrole nitrogens is 1. The van der Waals surface area contributed by atoms with Crippen LogP contribution in [0.25, 0.3) is 10.2 Å². The summed E-state index contributed by atoms with van der Waals surface area (Å²) in [5.41, 5.74) is 3.81. The van der Waals surface area contributed by atoms with E-state index in [2.05, 4.69) is 38.6 Å². The fourth-order valence-electron chi connectivity index (χ4n) is 3.84. The zero-order valence-corrected chi connectivity index (χ0v) is 15.9. The van der Waals surface area contributed by atoms with Crippen molar-refractivity contribution < 1.29 is 4.79 Å². The van der Waals surface area contributed by atoms with Crippen LogP contribution in [0.5, 0.6) is 0 Å². The predicted molar refractivity (Wildman–Crippen MR) is 105 cm³/mol. The van der Waals surface area contributed by atoms with Crippen molar-refractivity contribution in [1.29, 1.82) is 0 Å². The van der Waals surface area contributed by atoms with Crippen LogP contribution in [0, 0.1) is 0 Å². The number of nitrogens with zero attached hydrogens (tertiary/aromatic N) is 4. The summed E-state index contributed by atoms with van der Waals surface area (Å²) in [5.74, 6) is 0.0517. The third-order valence-electron chi connectivity index (χ3n) is 5.37. The van der Waals surface area contributed by atoms with Crippen molar-refractivity contribution in [2.24, 2.45) is 0 Å². The smallest absolute Gasteiger partial charge is 0.274 e. The first-order chi connectivity index (χ1) is 13.3. The van der Waals surface area contributed by atoms with Crippen LogP contribution in [0.15, 0.2) is 24.3 Å². The van der Waals surface area contributed by atoms with Gasteiger partial charge in [0.15, 0.2) is 5.69 Å². The first-order valence-electron chi connectivity index (χ1n) is 9.41. The topological polar surface area (TPSA) is 77.2 Å². The Bertz CT molecular complexity index is 939. The second kappa shape index (κ2) is 7.03. The first kappa shape index (κ1) is 16.9. The van der Waals surface area contributed by atoms with E-state index >= 15 is 0 Å². The number of amides is 1. The van der Waals surface area contributed by atoms with E-state index in [0.717, 1.165) is 74.0 Å². The molecule has 1 saturated heterocycles. The number of hydrogen-bond acceptors (Lipinski definition) is 6. The maximum Gasteiger partial charge on any atom is 0.274 e. The van der Waals surface area contributed by atoms with Crippen LogP contribution < -0.4 is 5.32 Å². The molecule has 27 heavy (non-hydrogen) atoms. The van der Waals surface area contributed by atoms with E-state index in [-0.39, 0.29) is 5.91 Å². The summed E-state index contributed by atoms with van der Waals surface area (Å²) in [5, 5.41) is 11.8. The molecule has 4 heterocycles. The SMILES string of the molecule is O=C(c1n[nH]c2c1CNCC2)N1CCN(Cc2nc3ccccc3s2)CC1. The lowest BCUT2D eigenvalue weighted by molar-refractivity contribution is 0.0621. The van der Waals surface area contributed by atoms with Crippen molar-refractivity contribution in [3.8, 4) is 0 Å². The maximum atomic E-state index is 12.9. The highest BCUT2D eigenvalue weighted by Gasteiger charge is 2.28. The van der Waals surface area contributed by atoms with Gasteiger partial charge in [0.1, 0.15) is 5.01 Å². The fourth-order valence-corrected chi connectivity index (χ4v) is 4.85. The maximum absolute atomic E-state index is 12.9. The molecule has 1 aromatic carbocycles. The Kier molecular flexibility index (Phi) is 4.39. The number of aromatic amines is 1. The van der Waals surface area contributed by atoms with Crippen LogP contribution in [0.4, 0.5) is 0 Å².